The fourth-order valence-corrected chi connectivity index (χ4v) is 1.33. The van der Waals surface area contributed by atoms with Gasteiger partial charge in [-0.3, -0.25) is 0 Å². The molecule has 0 fully saturated rings. The van der Waals surface area contributed by atoms with Crippen LogP contribution in [-0.4, -0.2) is 22.5 Å². The number of aliphatic carboxylic acids is 1. The average molecular weight is 286 g/mol. The molecule has 0 radical (unpaired) electrons. The van der Waals surface area contributed by atoms with Crippen LogP contribution in [0, 0.1) is 0 Å². The van der Waals surface area contributed by atoms with Gasteiger partial charge in [0.05, 0.1) is 5.56 Å². The van der Waals surface area contributed by atoms with Crippen molar-refractivity contribution in [3.8, 4) is 5.75 Å². The fourth-order valence-electron chi connectivity index (χ4n) is 1.33. The van der Waals surface area contributed by atoms with Crippen LogP contribution in [-0.2, 0) is 4.79 Å². The first-order valence-corrected chi connectivity index (χ1v) is 4.71. The lowest BCUT2D eigenvalue weighted by molar-refractivity contribution is -0.275. The summed E-state index contributed by atoms with van der Waals surface area (Å²) in [4.78, 5) is 10.5. The Balaban J connectivity index is 3.38. The van der Waals surface area contributed by atoms with Gasteiger partial charge in [-0.2, -0.15) is 0 Å². The first-order chi connectivity index (χ1) is 8.63. The van der Waals surface area contributed by atoms with Gasteiger partial charge in [-0.05, 0) is 6.07 Å². The molecule has 1 unspecified atom stereocenters. The predicted molar refractivity (Wildman–Crippen MR) is 50.7 cm³/mol. The van der Waals surface area contributed by atoms with Gasteiger partial charge in [0.15, 0.2) is 6.10 Å². The zero-order valence-electron chi connectivity index (χ0n) is 8.99. The molecular formula is C10H7F5O4. The number of hydrogen-bond acceptors (Lipinski definition) is 3. The molecule has 1 aromatic rings. The Morgan fingerprint density at radius 3 is 2.16 bits per heavy atom. The Labute approximate surface area is 103 Å². The summed E-state index contributed by atoms with van der Waals surface area (Å²) >= 11 is 0. The van der Waals surface area contributed by atoms with E-state index < -0.39 is 41.7 Å². The second-order valence-electron chi connectivity index (χ2n) is 3.35. The third-order valence-corrected chi connectivity index (χ3v) is 2.06. The number of carbonyl (C=O) groups is 1. The van der Waals surface area contributed by atoms with Crippen LogP contribution in [0.3, 0.4) is 0 Å². The van der Waals surface area contributed by atoms with Crippen molar-refractivity contribution in [3.63, 3.8) is 0 Å². The van der Waals surface area contributed by atoms with Crippen molar-refractivity contribution in [2.75, 3.05) is 0 Å². The molecule has 1 rings (SSSR count). The summed E-state index contributed by atoms with van der Waals surface area (Å²) in [5.74, 6) is -3.29. The van der Waals surface area contributed by atoms with E-state index in [0.29, 0.717) is 6.07 Å². The number of halogens is 5. The highest BCUT2D eigenvalue weighted by Gasteiger charge is 2.36. The Kier molecular flexibility index (Phi) is 4.30. The number of para-hydroxylation sites is 1. The SMILES string of the molecule is O=C(O)C(O)c1cccc(C(F)F)c1OC(F)(F)F. The first kappa shape index (κ1) is 15.2. The molecule has 9 heteroatoms. The molecule has 4 nitrogen and oxygen atoms in total. The van der Waals surface area contributed by atoms with Crippen molar-refractivity contribution in [3.05, 3.63) is 29.3 Å². The van der Waals surface area contributed by atoms with E-state index in [4.69, 9.17) is 5.11 Å². The summed E-state index contributed by atoms with van der Waals surface area (Å²) in [7, 11) is 0. The number of rotatable bonds is 4. The molecule has 0 amide bonds. The maximum absolute atomic E-state index is 12.6. The Hall–Kier alpha value is -1.90. The molecule has 1 atom stereocenters. The van der Waals surface area contributed by atoms with Crippen LogP contribution < -0.4 is 4.74 Å². The van der Waals surface area contributed by atoms with Gasteiger partial charge in [-0.25, -0.2) is 13.6 Å². The molecule has 2 N–H and O–H groups in total. The highest BCUT2D eigenvalue weighted by Crippen LogP contribution is 2.38. The Morgan fingerprint density at radius 2 is 1.74 bits per heavy atom. The zero-order chi connectivity index (χ0) is 14.8. The third kappa shape index (κ3) is 3.78. The van der Waals surface area contributed by atoms with Crippen molar-refractivity contribution in [2.24, 2.45) is 0 Å². The smallest absolute Gasteiger partial charge is 0.479 e. The number of ether oxygens (including phenoxy) is 1. The van der Waals surface area contributed by atoms with Gasteiger partial charge < -0.3 is 14.9 Å². The maximum Gasteiger partial charge on any atom is 0.573 e. The molecule has 0 aliphatic heterocycles. The summed E-state index contributed by atoms with van der Waals surface area (Å²) in [5, 5.41) is 17.7. The van der Waals surface area contributed by atoms with E-state index in [9.17, 15) is 31.9 Å². The van der Waals surface area contributed by atoms with Crippen LogP contribution in [0.25, 0.3) is 0 Å². The number of aliphatic hydroxyl groups excluding tert-OH is 1. The van der Waals surface area contributed by atoms with Gasteiger partial charge in [0, 0.05) is 5.56 Å². The minimum absolute atomic E-state index is 0.643. The van der Waals surface area contributed by atoms with Crippen molar-refractivity contribution in [1.29, 1.82) is 0 Å². The third-order valence-electron chi connectivity index (χ3n) is 2.06. The van der Waals surface area contributed by atoms with E-state index in [2.05, 4.69) is 4.74 Å². The topological polar surface area (TPSA) is 66.8 Å². The maximum atomic E-state index is 12.6. The summed E-state index contributed by atoms with van der Waals surface area (Å²) in [6.07, 6.45) is -11.0. The molecule has 106 valence electrons. The lowest BCUT2D eigenvalue weighted by Crippen LogP contribution is -2.21. The molecule has 0 heterocycles. The molecule has 0 saturated heterocycles. The average Bonchev–Trinajstić information content (AvgIpc) is 2.25. The predicted octanol–water partition coefficient (Wildman–Crippen LogP) is 2.64. The van der Waals surface area contributed by atoms with Crippen molar-refractivity contribution in [1.82, 2.24) is 0 Å². The van der Waals surface area contributed by atoms with Gasteiger partial charge in [0.1, 0.15) is 5.75 Å². The van der Waals surface area contributed by atoms with Crippen molar-refractivity contribution in [2.45, 2.75) is 18.9 Å². The summed E-state index contributed by atoms with van der Waals surface area (Å²) in [6.45, 7) is 0. The van der Waals surface area contributed by atoms with Crippen molar-refractivity contribution >= 4 is 5.97 Å². The van der Waals surface area contributed by atoms with Gasteiger partial charge in [-0.15, -0.1) is 13.2 Å². The van der Waals surface area contributed by atoms with E-state index in [0.717, 1.165) is 12.1 Å². The first-order valence-electron chi connectivity index (χ1n) is 4.71. The van der Waals surface area contributed by atoms with Crippen LogP contribution in [0.2, 0.25) is 0 Å². The van der Waals surface area contributed by atoms with Gasteiger partial charge in [0.25, 0.3) is 6.43 Å². The van der Waals surface area contributed by atoms with E-state index in [1.54, 1.807) is 0 Å². The molecule has 0 saturated carbocycles. The Bertz CT molecular complexity index is 471. The molecule has 0 bridgehead atoms. The standard InChI is InChI=1S/C10H7F5O4/c11-8(12)5-3-1-2-4(6(16)9(17)18)7(5)19-10(13,14)15/h1-3,6,8,16H,(H,17,18). The molecule has 1 aromatic carbocycles. The van der Waals surface area contributed by atoms with Gasteiger partial charge in [0.2, 0.25) is 0 Å². The highest BCUT2D eigenvalue weighted by molar-refractivity contribution is 5.75. The molecule has 0 aliphatic carbocycles. The monoisotopic (exact) mass is 286 g/mol. The van der Waals surface area contributed by atoms with Gasteiger partial charge >= 0.3 is 12.3 Å². The zero-order valence-corrected chi connectivity index (χ0v) is 8.99. The van der Waals surface area contributed by atoms with Crippen LogP contribution in [0.1, 0.15) is 23.7 Å². The number of alkyl halides is 5. The lowest BCUT2D eigenvalue weighted by atomic mass is 10.0. The number of benzene rings is 1. The number of aliphatic hydroxyl groups is 1. The van der Waals surface area contributed by atoms with E-state index in [1.807, 2.05) is 0 Å². The van der Waals surface area contributed by atoms with E-state index in [1.165, 1.54) is 0 Å². The van der Waals surface area contributed by atoms with Gasteiger partial charge in [-0.1, -0.05) is 12.1 Å². The van der Waals surface area contributed by atoms with E-state index >= 15 is 0 Å². The second kappa shape index (κ2) is 5.39. The van der Waals surface area contributed by atoms with Crippen LogP contribution in [0.4, 0.5) is 22.0 Å². The van der Waals surface area contributed by atoms with Crippen LogP contribution in [0.5, 0.6) is 5.75 Å². The molecule has 0 spiro atoms. The minimum Gasteiger partial charge on any atom is -0.479 e. The van der Waals surface area contributed by atoms with Crippen molar-refractivity contribution < 1.29 is 41.7 Å². The minimum atomic E-state index is -5.29. The number of carboxylic acids is 1. The summed E-state index contributed by atoms with van der Waals surface area (Å²) in [6, 6.07) is 2.29. The lowest BCUT2D eigenvalue weighted by Gasteiger charge is -2.18. The molecular weight excluding hydrogens is 279 g/mol. The molecule has 0 aromatic heterocycles. The van der Waals surface area contributed by atoms with Crippen LogP contribution in [0.15, 0.2) is 18.2 Å². The molecule has 19 heavy (non-hydrogen) atoms. The summed E-state index contributed by atoms with van der Waals surface area (Å²) < 4.78 is 64.9. The van der Waals surface area contributed by atoms with Crippen LogP contribution >= 0.6 is 0 Å². The van der Waals surface area contributed by atoms with E-state index in [-0.39, 0.29) is 0 Å². The Morgan fingerprint density at radius 1 is 1.21 bits per heavy atom. The quantitative estimate of drug-likeness (QED) is 0.835. The largest absolute Gasteiger partial charge is 0.573 e. The summed E-state index contributed by atoms with van der Waals surface area (Å²) in [5.41, 5.74) is -2.06. The molecule has 0 aliphatic rings. The normalized spacial score (nSPS) is 13.4. The fraction of sp³-hybridized carbons (Fsp3) is 0.300. The number of hydrogen-bond donors (Lipinski definition) is 2. The number of carboxylic acid groups (broad SMARTS) is 1. The second-order valence-corrected chi connectivity index (χ2v) is 3.35. The highest BCUT2D eigenvalue weighted by atomic mass is 19.4.